The fourth-order valence-corrected chi connectivity index (χ4v) is 2.48. The molecule has 0 unspecified atom stereocenters. The van der Waals surface area contributed by atoms with E-state index < -0.39 is 0 Å². The second-order valence-electron chi connectivity index (χ2n) is 6.50. The molecule has 1 aromatic carbocycles. The summed E-state index contributed by atoms with van der Waals surface area (Å²) in [6.45, 7) is 10.5. The van der Waals surface area contributed by atoms with E-state index in [0.29, 0.717) is 5.75 Å². The molecule has 0 radical (unpaired) electrons. The molecule has 1 heterocycles. The minimum absolute atomic E-state index is 0.0944. The van der Waals surface area contributed by atoms with E-state index in [4.69, 9.17) is 4.74 Å². The zero-order chi connectivity index (χ0) is 15.8. The minimum Gasteiger partial charge on any atom is -0.491 e. The SMILES string of the molecule is COc1c(-c2ccc(C(C)(C)C)cc2C)[nH]c(C)cc1=O. The molecule has 2 rings (SSSR count). The number of nitrogens with one attached hydrogen (secondary N) is 1. The summed E-state index contributed by atoms with van der Waals surface area (Å²) in [4.78, 5) is 15.3. The Labute approximate surface area is 126 Å². The normalized spacial score (nSPS) is 11.5. The summed E-state index contributed by atoms with van der Waals surface area (Å²) in [5.74, 6) is 0.368. The maximum absolute atomic E-state index is 12.1. The highest BCUT2D eigenvalue weighted by atomic mass is 16.5. The Morgan fingerprint density at radius 3 is 2.29 bits per heavy atom. The van der Waals surface area contributed by atoms with E-state index in [-0.39, 0.29) is 10.8 Å². The van der Waals surface area contributed by atoms with Gasteiger partial charge in [0, 0.05) is 17.3 Å². The van der Waals surface area contributed by atoms with Gasteiger partial charge in [-0.25, -0.2) is 0 Å². The molecule has 0 aliphatic rings. The maximum Gasteiger partial charge on any atom is 0.224 e. The molecule has 21 heavy (non-hydrogen) atoms. The first kappa shape index (κ1) is 15.4. The first-order chi connectivity index (χ1) is 9.74. The molecule has 0 fully saturated rings. The van der Waals surface area contributed by atoms with E-state index in [1.165, 1.54) is 12.7 Å². The van der Waals surface area contributed by atoms with E-state index >= 15 is 0 Å². The van der Waals surface area contributed by atoms with Crippen molar-refractivity contribution >= 4 is 0 Å². The van der Waals surface area contributed by atoms with Crippen LogP contribution in [0.5, 0.6) is 5.75 Å². The van der Waals surface area contributed by atoms with Gasteiger partial charge in [0.1, 0.15) is 0 Å². The first-order valence-corrected chi connectivity index (χ1v) is 7.13. The Kier molecular flexibility index (Phi) is 3.95. The molecule has 112 valence electrons. The standard InChI is InChI=1S/C18H23NO2/c1-11-9-13(18(3,4)5)7-8-14(11)16-17(21-6)15(20)10-12(2)19-16/h7-10H,1-6H3,(H,19,20). The number of hydrogen-bond acceptors (Lipinski definition) is 2. The van der Waals surface area contributed by atoms with Gasteiger partial charge in [0.25, 0.3) is 0 Å². The lowest BCUT2D eigenvalue weighted by atomic mass is 9.85. The number of aryl methyl sites for hydroxylation is 2. The smallest absolute Gasteiger partial charge is 0.224 e. The lowest BCUT2D eigenvalue weighted by molar-refractivity contribution is 0.410. The largest absolute Gasteiger partial charge is 0.491 e. The third-order valence-corrected chi connectivity index (χ3v) is 3.69. The molecule has 0 atom stereocenters. The van der Waals surface area contributed by atoms with E-state index in [9.17, 15) is 4.79 Å². The molecular formula is C18H23NO2. The van der Waals surface area contributed by atoms with Crippen LogP contribution in [0.1, 0.15) is 37.6 Å². The van der Waals surface area contributed by atoms with Crippen molar-refractivity contribution in [2.24, 2.45) is 0 Å². The highest BCUT2D eigenvalue weighted by molar-refractivity contribution is 5.70. The third-order valence-electron chi connectivity index (χ3n) is 3.69. The minimum atomic E-state index is -0.0944. The Morgan fingerprint density at radius 1 is 1.10 bits per heavy atom. The van der Waals surface area contributed by atoms with Crippen molar-refractivity contribution in [2.45, 2.75) is 40.0 Å². The van der Waals surface area contributed by atoms with Gasteiger partial charge in [0.05, 0.1) is 12.8 Å². The van der Waals surface area contributed by atoms with Crippen LogP contribution in [0.2, 0.25) is 0 Å². The molecule has 1 aromatic heterocycles. The lowest BCUT2D eigenvalue weighted by Crippen LogP contribution is -2.12. The van der Waals surface area contributed by atoms with Gasteiger partial charge in [-0.15, -0.1) is 0 Å². The Bertz CT molecular complexity index is 721. The van der Waals surface area contributed by atoms with Crippen LogP contribution >= 0.6 is 0 Å². The zero-order valence-corrected chi connectivity index (χ0v) is 13.6. The molecule has 0 saturated heterocycles. The van der Waals surface area contributed by atoms with Crippen LogP contribution in [0.4, 0.5) is 0 Å². The first-order valence-electron chi connectivity index (χ1n) is 7.13. The van der Waals surface area contributed by atoms with Gasteiger partial charge in [-0.1, -0.05) is 39.0 Å². The number of H-pyrrole nitrogens is 1. The van der Waals surface area contributed by atoms with Crippen molar-refractivity contribution in [3.05, 3.63) is 51.3 Å². The van der Waals surface area contributed by atoms with Crippen LogP contribution in [0, 0.1) is 13.8 Å². The lowest BCUT2D eigenvalue weighted by Gasteiger charge is -2.21. The highest BCUT2D eigenvalue weighted by Crippen LogP contribution is 2.31. The maximum atomic E-state index is 12.1. The summed E-state index contributed by atoms with van der Waals surface area (Å²) in [5, 5.41) is 0. The van der Waals surface area contributed by atoms with Gasteiger partial charge in [-0.3, -0.25) is 4.79 Å². The quantitative estimate of drug-likeness (QED) is 0.907. The number of aromatic nitrogens is 1. The van der Waals surface area contributed by atoms with Crippen molar-refractivity contribution in [3.8, 4) is 17.0 Å². The van der Waals surface area contributed by atoms with Gasteiger partial charge >= 0.3 is 0 Å². The number of rotatable bonds is 2. The summed E-state index contributed by atoms with van der Waals surface area (Å²) in [6.07, 6.45) is 0. The van der Waals surface area contributed by atoms with E-state index in [0.717, 1.165) is 22.5 Å². The molecule has 2 aromatic rings. The van der Waals surface area contributed by atoms with Gasteiger partial charge in [-0.05, 0) is 30.4 Å². The van der Waals surface area contributed by atoms with Crippen molar-refractivity contribution in [1.82, 2.24) is 4.98 Å². The summed E-state index contributed by atoms with van der Waals surface area (Å²) in [7, 11) is 1.53. The summed E-state index contributed by atoms with van der Waals surface area (Å²) in [5.41, 5.74) is 4.99. The molecule has 0 bridgehead atoms. The number of hydrogen-bond donors (Lipinski definition) is 1. The van der Waals surface area contributed by atoms with E-state index in [1.807, 2.05) is 6.92 Å². The molecule has 1 N–H and O–H groups in total. The topological polar surface area (TPSA) is 42.1 Å². The predicted octanol–water partition coefficient (Wildman–Crippen LogP) is 3.96. The van der Waals surface area contributed by atoms with Crippen molar-refractivity contribution in [1.29, 1.82) is 0 Å². The summed E-state index contributed by atoms with van der Waals surface area (Å²) in [6, 6.07) is 7.90. The second kappa shape index (κ2) is 5.40. The second-order valence-corrected chi connectivity index (χ2v) is 6.50. The molecule has 0 aliphatic carbocycles. The fraction of sp³-hybridized carbons (Fsp3) is 0.389. The van der Waals surface area contributed by atoms with Crippen LogP contribution in [0.25, 0.3) is 11.3 Å². The Balaban J connectivity index is 2.66. The van der Waals surface area contributed by atoms with Crippen molar-refractivity contribution < 1.29 is 4.74 Å². The predicted molar refractivity (Wildman–Crippen MR) is 87.2 cm³/mol. The fourth-order valence-electron chi connectivity index (χ4n) is 2.48. The van der Waals surface area contributed by atoms with Gasteiger partial charge in [0.2, 0.25) is 5.43 Å². The van der Waals surface area contributed by atoms with Gasteiger partial charge < -0.3 is 9.72 Å². The van der Waals surface area contributed by atoms with Crippen LogP contribution in [0.3, 0.4) is 0 Å². The summed E-state index contributed by atoms with van der Waals surface area (Å²) < 4.78 is 5.29. The van der Waals surface area contributed by atoms with Gasteiger partial charge in [-0.2, -0.15) is 0 Å². The monoisotopic (exact) mass is 285 g/mol. The molecule has 0 aliphatic heterocycles. The molecule has 0 saturated carbocycles. The Morgan fingerprint density at radius 2 is 1.76 bits per heavy atom. The average molecular weight is 285 g/mol. The number of pyridine rings is 1. The molecule has 0 spiro atoms. The molecule has 0 amide bonds. The third kappa shape index (κ3) is 3.02. The zero-order valence-electron chi connectivity index (χ0n) is 13.6. The summed E-state index contributed by atoms with van der Waals surface area (Å²) >= 11 is 0. The van der Waals surface area contributed by atoms with E-state index in [2.05, 4.69) is 50.9 Å². The number of methoxy groups -OCH3 is 1. The van der Waals surface area contributed by atoms with Crippen molar-refractivity contribution in [3.63, 3.8) is 0 Å². The number of aromatic amines is 1. The molecular weight excluding hydrogens is 262 g/mol. The van der Waals surface area contributed by atoms with E-state index in [1.54, 1.807) is 6.07 Å². The Hall–Kier alpha value is -2.03. The van der Waals surface area contributed by atoms with Crippen LogP contribution in [-0.4, -0.2) is 12.1 Å². The highest BCUT2D eigenvalue weighted by Gasteiger charge is 2.17. The van der Waals surface area contributed by atoms with Crippen LogP contribution in [0.15, 0.2) is 29.1 Å². The molecule has 3 heteroatoms. The average Bonchev–Trinajstić information content (AvgIpc) is 2.36. The molecule has 3 nitrogen and oxygen atoms in total. The van der Waals surface area contributed by atoms with Crippen LogP contribution < -0.4 is 10.2 Å². The number of ether oxygens (including phenoxy) is 1. The van der Waals surface area contributed by atoms with Gasteiger partial charge in [0.15, 0.2) is 5.75 Å². The van der Waals surface area contributed by atoms with Crippen molar-refractivity contribution in [2.75, 3.05) is 7.11 Å². The number of benzene rings is 1. The van der Waals surface area contributed by atoms with Crippen LogP contribution in [-0.2, 0) is 5.41 Å².